The van der Waals surface area contributed by atoms with Crippen molar-refractivity contribution in [3.63, 3.8) is 0 Å². The zero-order valence-electron chi connectivity index (χ0n) is 21.1. The third kappa shape index (κ3) is 4.49. The summed E-state index contributed by atoms with van der Waals surface area (Å²) < 4.78 is 21.5. The van der Waals surface area contributed by atoms with Crippen molar-refractivity contribution in [2.24, 2.45) is 0 Å². The van der Waals surface area contributed by atoms with Gasteiger partial charge in [0.2, 0.25) is 0 Å². The Morgan fingerprint density at radius 3 is 2.79 bits per heavy atom. The number of rotatable bonds is 5. The minimum atomic E-state index is -0.277. The van der Waals surface area contributed by atoms with Gasteiger partial charge in [-0.15, -0.1) is 11.3 Å². The molecule has 1 aliphatic carbocycles. The Morgan fingerprint density at radius 2 is 1.97 bits per heavy atom. The maximum atomic E-state index is 13.4. The topological polar surface area (TPSA) is 82.1 Å². The molecule has 0 atom stereocenters. The van der Waals surface area contributed by atoms with Crippen LogP contribution in [0.2, 0.25) is 5.02 Å². The molecule has 7 rings (SSSR count). The summed E-state index contributed by atoms with van der Waals surface area (Å²) in [7, 11) is 0. The van der Waals surface area contributed by atoms with Crippen LogP contribution < -0.4 is 15.4 Å². The van der Waals surface area contributed by atoms with Gasteiger partial charge < -0.3 is 15.4 Å². The maximum absolute atomic E-state index is 13.4. The van der Waals surface area contributed by atoms with E-state index in [0.717, 1.165) is 65.9 Å². The standard InChI is InChI=1S/C29H26ClFN6OS/c30-23-13-20(4-7-25(23)38-15-17-2-1-3-18(31)12-17)36-10-8-19(9-11-36)37-14-22-24(35-37)6-5-21-26-28(32)33-16-34-29(26)39-27(21)22/h1-4,7,12-14,16,19H,5-6,8-11,15H2,(H2,32,33,34). The van der Waals surface area contributed by atoms with E-state index in [2.05, 4.69) is 25.7 Å². The number of halogens is 2. The number of nitrogens with zero attached hydrogens (tertiary/aromatic N) is 5. The number of fused-ring (bicyclic) bond motifs is 5. The number of nitrogen functional groups attached to an aromatic ring is 1. The highest BCUT2D eigenvalue weighted by Crippen LogP contribution is 2.44. The van der Waals surface area contributed by atoms with Crippen LogP contribution >= 0.6 is 22.9 Å². The van der Waals surface area contributed by atoms with Crippen molar-refractivity contribution in [1.82, 2.24) is 19.7 Å². The largest absolute Gasteiger partial charge is 0.487 e. The molecule has 1 fully saturated rings. The van der Waals surface area contributed by atoms with E-state index in [4.69, 9.17) is 27.2 Å². The van der Waals surface area contributed by atoms with Crippen LogP contribution in [-0.4, -0.2) is 32.8 Å². The Labute approximate surface area is 234 Å². The quantitative estimate of drug-likeness (QED) is 0.266. The monoisotopic (exact) mass is 560 g/mol. The minimum Gasteiger partial charge on any atom is -0.487 e. The van der Waals surface area contributed by atoms with Gasteiger partial charge in [0.05, 0.1) is 22.1 Å². The number of hydrogen-bond acceptors (Lipinski definition) is 7. The van der Waals surface area contributed by atoms with Gasteiger partial charge in [0.15, 0.2) is 0 Å². The first-order valence-corrected chi connectivity index (χ1v) is 14.2. The second kappa shape index (κ2) is 9.81. The first kappa shape index (κ1) is 24.4. The van der Waals surface area contributed by atoms with Crippen LogP contribution in [0.3, 0.4) is 0 Å². The second-order valence-electron chi connectivity index (χ2n) is 10.1. The van der Waals surface area contributed by atoms with Crippen LogP contribution in [0.4, 0.5) is 15.9 Å². The summed E-state index contributed by atoms with van der Waals surface area (Å²) in [5, 5.41) is 6.58. The number of nitrogens with two attached hydrogens (primary N) is 1. The molecule has 4 heterocycles. The van der Waals surface area contributed by atoms with Crippen LogP contribution in [0.15, 0.2) is 55.0 Å². The number of benzene rings is 2. The molecule has 2 aliphatic rings. The Morgan fingerprint density at radius 1 is 1.10 bits per heavy atom. The lowest BCUT2D eigenvalue weighted by atomic mass is 9.95. The van der Waals surface area contributed by atoms with Crippen LogP contribution in [0.5, 0.6) is 5.75 Å². The molecule has 198 valence electrons. The van der Waals surface area contributed by atoms with Crippen molar-refractivity contribution < 1.29 is 9.13 Å². The molecule has 2 aromatic carbocycles. The lowest BCUT2D eigenvalue weighted by Crippen LogP contribution is -2.34. The van der Waals surface area contributed by atoms with Gasteiger partial charge in [-0.25, -0.2) is 14.4 Å². The van der Waals surface area contributed by atoms with E-state index in [9.17, 15) is 4.39 Å². The van der Waals surface area contributed by atoms with Gasteiger partial charge in [-0.05, 0) is 67.1 Å². The van der Waals surface area contributed by atoms with Crippen molar-refractivity contribution >= 4 is 44.7 Å². The van der Waals surface area contributed by atoms with Crippen LogP contribution in [-0.2, 0) is 19.4 Å². The normalized spacial score (nSPS) is 15.4. The first-order chi connectivity index (χ1) is 19.0. The van der Waals surface area contributed by atoms with Crippen molar-refractivity contribution in [3.8, 4) is 16.2 Å². The van der Waals surface area contributed by atoms with Crippen molar-refractivity contribution in [3.05, 3.63) is 82.6 Å². The van der Waals surface area contributed by atoms with Gasteiger partial charge in [-0.1, -0.05) is 23.7 Å². The van der Waals surface area contributed by atoms with Gasteiger partial charge in [0, 0.05) is 35.4 Å². The summed E-state index contributed by atoms with van der Waals surface area (Å²) in [6.45, 7) is 2.09. The number of thiophene rings is 1. The molecule has 0 amide bonds. The molecule has 1 saturated heterocycles. The average Bonchev–Trinajstić information content (AvgIpc) is 3.55. The number of aryl methyl sites for hydroxylation is 2. The van der Waals surface area contributed by atoms with Crippen LogP contribution in [0.25, 0.3) is 20.7 Å². The minimum absolute atomic E-state index is 0.264. The van der Waals surface area contributed by atoms with E-state index in [1.165, 1.54) is 28.1 Å². The zero-order chi connectivity index (χ0) is 26.5. The highest BCUT2D eigenvalue weighted by Gasteiger charge is 2.28. The van der Waals surface area contributed by atoms with Crippen molar-refractivity contribution in [2.45, 2.75) is 38.3 Å². The summed E-state index contributed by atoms with van der Waals surface area (Å²) in [5.41, 5.74) is 11.7. The highest BCUT2D eigenvalue weighted by atomic mass is 35.5. The maximum Gasteiger partial charge on any atom is 0.138 e. The Hall–Kier alpha value is -3.69. The predicted molar refractivity (Wildman–Crippen MR) is 153 cm³/mol. The van der Waals surface area contributed by atoms with Gasteiger partial charge in [-0.2, -0.15) is 5.10 Å². The highest BCUT2D eigenvalue weighted by molar-refractivity contribution is 7.22. The molecular weight excluding hydrogens is 535 g/mol. The van der Waals surface area contributed by atoms with E-state index in [0.29, 0.717) is 22.6 Å². The second-order valence-corrected chi connectivity index (χ2v) is 11.5. The number of hydrogen-bond donors (Lipinski definition) is 1. The van der Waals surface area contributed by atoms with E-state index < -0.39 is 0 Å². The molecule has 7 nitrogen and oxygen atoms in total. The van der Waals surface area contributed by atoms with Gasteiger partial charge >= 0.3 is 0 Å². The van der Waals surface area contributed by atoms with E-state index in [-0.39, 0.29) is 12.4 Å². The van der Waals surface area contributed by atoms with Crippen LogP contribution in [0.1, 0.15) is 35.7 Å². The smallest absolute Gasteiger partial charge is 0.138 e. The molecule has 0 bridgehead atoms. The van der Waals surface area contributed by atoms with Gasteiger partial charge in [0.1, 0.15) is 35.1 Å². The lowest BCUT2D eigenvalue weighted by Gasteiger charge is -2.34. The predicted octanol–water partition coefficient (Wildman–Crippen LogP) is 6.45. The van der Waals surface area contributed by atoms with E-state index in [1.807, 2.05) is 24.3 Å². The lowest BCUT2D eigenvalue weighted by molar-refractivity contribution is 0.305. The molecule has 0 saturated carbocycles. The SMILES string of the molecule is Nc1ncnc2sc3c(c12)CCc1nn(C2CCN(c4ccc(OCc5cccc(F)c5)c(Cl)c4)CC2)cc1-3. The number of aromatic nitrogens is 4. The molecule has 5 aromatic rings. The fourth-order valence-electron chi connectivity index (χ4n) is 5.68. The molecule has 3 aromatic heterocycles. The summed E-state index contributed by atoms with van der Waals surface area (Å²) in [5.74, 6) is 0.878. The van der Waals surface area contributed by atoms with Crippen LogP contribution in [0, 0.1) is 5.82 Å². The molecular formula is C29H26ClFN6OS. The van der Waals surface area contributed by atoms with Gasteiger partial charge in [-0.3, -0.25) is 4.68 Å². The average molecular weight is 561 g/mol. The number of piperidine rings is 1. The molecule has 1 aliphatic heterocycles. The third-order valence-electron chi connectivity index (χ3n) is 7.68. The molecule has 0 unspecified atom stereocenters. The Balaban J connectivity index is 1.03. The van der Waals surface area contributed by atoms with Crippen molar-refractivity contribution in [2.75, 3.05) is 23.7 Å². The van der Waals surface area contributed by atoms with E-state index in [1.54, 1.807) is 23.7 Å². The molecule has 39 heavy (non-hydrogen) atoms. The molecule has 2 N–H and O–H groups in total. The Bertz CT molecular complexity index is 1690. The number of ether oxygens (including phenoxy) is 1. The fraction of sp³-hybridized carbons (Fsp3) is 0.276. The summed E-state index contributed by atoms with van der Waals surface area (Å²) in [4.78, 5) is 13.2. The summed E-state index contributed by atoms with van der Waals surface area (Å²) in [6.07, 6.45) is 7.56. The summed E-state index contributed by atoms with van der Waals surface area (Å²) in [6, 6.07) is 12.6. The van der Waals surface area contributed by atoms with Crippen molar-refractivity contribution in [1.29, 1.82) is 0 Å². The molecule has 10 heteroatoms. The molecule has 0 spiro atoms. The third-order valence-corrected chi connectivity index (χ3v) is 9.15. The zero-order valence-corrected chi connectivity index (χ0v) is 22.7. The van der Waals surface area contributed by atoms with Gasteiger partial charge in [0.25, 0.3) is 0 Å². The molecule has 0 radical (unpaired) electrons. The first-order valence-electron chi connectivity index (χ1n) is 13.1. The summed E-state index contributed by atoms with van der Waals surface area (Å²) >= 11 is 8.24. The fourth-order valence-corrected chi connectivity index (χ4v) is 7.14. The Kier molecular flexibility index (Phi) is 6.12. The number of anilines is 2. The van der Waals surface area contributed by atoms with E-state index >= 15 is 0 Å².